The van der Waals surface area contributed by atoms with Crippen LogP contribution in [0.1, 0.15) is 20.3 Å². The number of benzene rings is 1. The standard InChI is InChI=1S/C18H30ClN3O3S/c1-18(2,10-13-26(5,23)24)14-21-17(20-3)22(4)11-12-25-16-8-6-15(19)7-9-16/h6-9H,10-14H2,1-5H3,(H,20,21). The van der Waals surface area contributed by atoms with Gasteiger partial charge in [0.1, 0.15) is 22.2 Å². The maximum absolute atomic E-state index is 11.4. The number of aliphatic imine (C=N–C) groups is 1. The Hall–Kier alpha value is -1.47. The zero-order valence-electron chi connectivity index (χ0n) is 16.3. The smallest absolute Gasteiger partial charge is 0.193 e. The Bertz CT molecular complexity index is 688. The van der Waals surface area contributed by atoms with Crippen molar-refractivity contribution in [3.63, 3.8) is 0 Å². The second-order valence-corrected chi connectivity index (χ2v) is 9.86. The van der Waals surface area contributed by atoms with Crippen LogP contribution < -0.4 is 10.1 Å². The molecule has 0 unspecified atom stereocenters. The molecule has 148 valence electrons. The van der Waals surface area contributed by atoms with Gasteiger partial charge in [0.25, 0.3) is 0 Å². The third kappa shape index (κ3) is 9.29. The summed E-state index contributed by atoms with van der Waals surface area (Å²) in [4.78, 5) is 6.25. The number of ether oxygens (including phenoxy) is 1. The van der Waals surface area contributed by atoms with E-state index in [1.54, 1.807) is 19.2 Å². The van der Waals surface area contributed by atoms with Crippen LogP contribution in [0.4, 0.5) is 0 Å². The van der Waals surface area contributed by atoms with Crippen LogP contribution in [-0.2, 0) is 9.84 Å². The molecule has 8 heteroatoms. The van der Waals surface area contributed by atoms with Gasteiger partial charge >= 0.3 is 0 Å². The van der Waals surface area contributed by atoms with Crippen molar-refractivity contribution >= 4 is 27.4 Å². The zero-order chi connectivity index (χ0) is 19.8. The number of hydrogen-bond acceptors (Lipinski definition) is 4. The number of rotatable bonds is 9. The van der Waals surface area contributed by atoms with E-state index < -0.39 is 9.84 Å². The van der Waals surface area contributed by atoms with Crippen molar-refractivity contribution in [1.82, 2.24) is 10.2 Å². The average molecular weight is 404 g/mol. The molecule has 0 saturated heterocycles. The summed E-state index contributed by atoms with van der Waals surface area (Å²) in [7, 11) is 0.707. The van der Waals surface area contributed by atoms with Crippen LogP contribution in [0.25, 0.3) is 0 Å². The van der Waals surface area contributed by atoms with Gasteiger partial charge in [0, 0.05) is 31.9 Å². The summed E-state index contributed by atoms with van der Waals surface area (Å²) < 4.78 is 28.4. The molecule has 6 nitrogen and oxygen atoms in total. The highest BCUT2D eigenvalue weighted by Crippen LogP contribution is 2.20. The van der Waals surface area contributed by atoms with E-state index in [1.165, 1.54) is 6.26 Å². The minimum Gasteiger partial charge on any atom is -0.492 e. The molecule has 0 aliphatic heterocycles. The highest BCUT2D eigenvalue weighted by Gasteiger charge is 2.21. The van der Waals surface area contributed by atoms with Crippen LogP contribution in [0.5, 0.6) is 5.75 Å². The van der Waals surface area contributed by atoms with Gasteiger partial charge in [-0.3, -0.25) is 4.99 Å². The van der Waals surface area contributed by atoms with E-state index in [0.717, 1.165) is 11.7 Å². The van der Waals surface area contributed by atoms with Crippen LogP contribution >= 0.6 is 11.6 Å². The molecule has 0 aliphatic rings. The first kappa shape index (κ1) is 22.6. The normalized spacial score (nSPS) is 12.8. The fourth-order valence-corrected chi connectivity index (χ4v) is 3.24. The molecule has 1 N–H and O–H groups in total. The quantitative estimate of drug-likeness (QED) is 0.507. The summed E-state index contributed by atoms with van der Waals surface area (Å²) >= 11 is 5.85. The van der Waals surface area contributed by atoms with Gasteiger partial charge < -0.3 is 15.0 Å². The van der Waals surface area contributed by atoms with Crippen LogP contribution in [0.15, 0.2) is 29.3 Å². The van der Waals surface area contributed by atoms with Gasteiger partial charge in [-0.25, -0.2) is 8.42 Å². The summed E-state index contributed by atoms with van der Waals surface area (Å²) in [6, 6.07) is 7.25. The minimum absolute atomic E-state index is 0.153. The second-order valence-electron chi connectivity index (χ2n) is 7.17. The molecule has 0 heterocycles. The topological polar surface area (TPSA) is 71.0 Å². The Morgan fingerprint density at radius 2 is 1.92 bits per heavy atom. The molecule has 0 bridgehead atoms. The van der Waals surface area contributed by atoms with Gasteiger partial charge in [-0.05, 0) is 36.1 Å². The van der Waals surface area contributed by atoms with Crippen molar-refractivity contribution in [3.8, 4) is 5.75 Å². The summed E-state index contributed by atoms with van der Waals surface area (Å²) in [6.45, 7) is 5.89. The highest BCUT2D eigenvalue weighted by molar-refractivity contribution is 7.90. The van der Waals surface area contributed by atoms with Crippen molar-refractivity contribution in [2.24, 2.45) is 10.4 Å². The lowest BCUT2D eigenvalue weighted by molar-refractivity contribution is 0.278. The fourth-order valence-electron chi connectivity index (χ4n) is 2.19. The first-order chi connectivity index (χ1) is 12.0. The van der Waals surface area contributed by atoms with E-state index in [4.69, 9.17) is 16.3 Å². The zero-order valence-corrected chi connectivity index (χ0v) is 17.8. The number of sulfone groups is 1. The summed E-state index contributed by atoms with van der Waals surface area (Å²) in [5.41, 5.74) is -0.153. The van der Waals surface area contributed by atoms with E-state index in [0.29, 0.717) is 31.1 Å². The van der Waals surface area contributed by atoms with E-state index in [-0.39, 0.29) is 11.2 Å². The van der Waals surface area contributed by atoms with Crippen LogP contribution in [0.3, 0.4) is 0 Å². The number of nitrogens with one attached hydrogen (secondary N) is 1. The Morgan fingerprint density at radius 3 is 2.46 bits per heavy atom. The molecular formula is C18H30ClN3O3S. The van der Waals surface area contributed by atoms with Crippen LogP contribution in [0.2, 0.25) is 5.02 Å². The number of nitrogens with zero attached hydrogens (tertiary/aromatic N) is 2. The molecule has 0 saturated carbocycles. The minimum atomic E-state index is -2.95. The number of hydrogen-bond donors (Lipinski definition) is 1. The van der Waals surface area contributed by atoms with Gasteiger partial charge in [-0.2, -0.15) is 0 Å². The van der Waals surface area contributed by atoms with Crippen molar-refractivity contribution in [2.75, 3.05) is 45.8 Å². The fraction of sp³-hybridized carbons (Fsp3) is 0.611. The van der Waals surface area contributed by atoms with Crippen molar-refractivity contribution < 1.29 is 13.2 Å². The monoisotopic (exact) mass is 403 g/mol. The number of likely N-dealkylation sites (N-methyl/N-ethyl adjacent to an activating group) is 1. The summed E-state index contributed by atoms with van der Waals surface area (Å²) in [6.07, 6.45) is 1.86. The van der Waals surface area contributed by atoms with Gasteiger partial charge in [-0.1, -0.05) is 25.4 Å². The molecule has 1 aromatic rings. The van der Waals surface area contributed by atoms with Gasteiger partial charge in [0.2, 0.25) is 0 Å². The van der Waals surface area contributed by atoms with Crippen LogP contribution in [-0.4, -0.2) is 65.1 Å². The molecule has 0 atom stereocenters. The second kappa shape index (κ2) is 10.0. The SMILES string of the molecule is CN=C(NCC(C)(C)CCS(C)(=O)=O)N(C)CCOc1ccc(Cl)cc1. The number of halogens is 1. The van der Waals surface area contributed by atoms with Gasteiger partial charge in [0.05, 0.1) is 12.3 Å². The molecule has 26 heavy (non-hydrogen) atoms. The maximum atomic E-state index is 11.4. The lowest BCUT2D eigenvalue weighted by atomic mass is 9.90. The highest BCUT2D eigenvalue weighted by atomic mass is 35.5. The van der Waals surface area contributed by atoms with Crippen molar-refractivity contribution in [3.05, 3.63) is 29.3 Å². The third-order valence-electron chi connectivity index (χ3n) is 3.96. The third-order valence-corrected chi connectivity index (χ3v) is 5.15. The molecule has 1 aromatic carbocycles. The molecule has 0 fully saturated rings. The van der Waals surface area contributed by atoms with E-state index in [9.17, 15) is 8.42 Å². The largest absolute Gasteiger partial charge is 0.492 e. The lowest BCUT2D eigenvalue weighted by Gasteiger charge is -2.28. The van der Waals surface area contributed by atoms with Crippen molar-refractivity contribution in [1.29, 1.82) is 0 Å². The molecule has 0 aliphatic carbocycles. The lowest BCUT2D eigenvalue weighted by Crippen LogP contribution is -2.44. The molecule has 1 rings (SSSR count). The molecule has 0 amide bonds. The molecule has 0 spiro atoms. The Kier molecular flexibility index (Phi) is 8.70. The Labute approximate surface area is 162 Å². The first-order valence-electron chi connectivity index (χ1n) is 8.50. The predicted octanol–water partition coefficient (Wildman–Crippen LogP) is 2.69. The Balaban J connectivity index is 2.43. The molecule has 0 radical (unpaired) electrons. The summed E-state index contributed by atoms with van der Waals surface area (Å²) in [5, 5.41) is 3.99. The Morgan fingerprint density at radius 1 is 1.31 bits per heavy atom. The van der Waals surface area contributed by atoms with E-state index in [2.05, 4.69) is 10.3 Å². The van der Waals surface area contributed by atoms with Crippen LogP contribution in [0, 0.1) is 5.41 Å². The molecule has 0 aromatic heterocycles. The predicted molar refractivity (Wildman–Crippen MR) is 109 cm³/mol. The van der Waals surface area contributed by atoms with E-state index >= 15 is 0 Å². The molecular weight excluding hydrogens is 374 g/mol. The van der Waals surface area contributed by atoms with Crippen molar-refractivity contribution in [2.45, 2.75) is 20.3 Å². The van der Waals surface area contributed by atoms with Gasteiger partial charge in [0.15, 0.2) is 5.96 Å². The number of guanidine groups is 1. The van der Waals surface area contributed by atoms with E-state index in [1.807, 2.05) is 37.9 Å². The average Bonchev–Trinajstić information content (AvgIpc) is 2.55. The maximum Gasteiger partial charge on any atom is 0.193 e. The first-order valence-corrected chi connectivity index (χ1v) is 10.9. The summed E-state index contributed by atoms with van der Waals surface area (Å²) in [5.74, 6) is 1.70. The van der Waals surface area contributed by atoms with Gasteiger partial charge in [-0.15, -0.1) is 0 Å².